The van der Waals surface area contributed by atoms with Crippen LogP contribution in [-0.4, -0.2) is 35.6 Å². The minimum absolute atomic E-state index is 0.127. The number of nitrogens with one attached hydrogen (secondary N) is 1. The van der Waals surface area contributed by atoms with Crippen molar-refractivity contribution in [1.29, 1.82) is 0 Å². The van der Waals surface area contributed by atoms with Crippen LogP contribution in [0.5, 0.6) is 11.5 Å². The van der Waals surface area contributed by atoms with Gasteiger partial charge in [-0.1, -0.05) is 31.5 Å². The summed E-state index contributed by atoms with van der Waals surface area (Å²) < 4.78 is 12.2. The fourth-order valence-electron chi connectivity index (χ4n) is 2.90. The van der Waals surface area contributed by atoms with Crippen LogP contribution in [0.15, 0.2) is 52.4 Å². The molecule has 2 aromatic carbocycles. The van der Waals surface area contributed by atoms with E-state index in [1.807, 2.05) is 6.07 Å². The average Bonchev–Trinajstić information content (AvgIpc) is 2.77. The van der Waals surface area contributed by atoms with Gasteiger partial charge in [-0.15, -0.1) is 0 Å². The third kappa shape index (κ3) is 4.65. The second kappa shape index (κ2) is 9.69. The summed E-state index contributed by atoms with van der Waals surface area (Å²) in [5, 5.41) is 8.99. The summed E-state index contributed by atoms with van der Waals surface area (Å²) in [7, 11) is 3.08. The molecule has 0 spiro atoms. The molecule has 1 aromatic heterocycles. The molecule has 1 N–H and O–H groups in total. The van der Waals surface area contributed by atoms with Crippen LogP contribution >= 0.6 is 0 Å². The largest absolute Gasteiger partial charge is 0.493 e. The van der Waals surface area contributed by atoms with E-state index in [0.717, 1.165) is 23.1 Å². The molecule has 0 fully saturated rings. The topological polar surface area (TPSA) is 94.8 Å². The van der Waals surface area contributed by atoms with Crippen molar-refractivity contribution < 1.29 is 14.3 Å². The van der Waals surface area contributed by atoms with Crippen molar-refractivity contribution in [1.82, 2.24) is 15.2 Å². The van der Waals surface area contributed by atoms with Crippen LogP contribution in [0.1, 0.15) is 35.8 Å². The Hall–Kier alpha value is -3.68. The maximum atomic E-state index is 12.6. The molecule has 1 amide bonds. The molecule has 0 aliphatic heterocycles. The number of unbranched alkanes of at least 4 members (excludes halogenated alkanes) is 1. The van der Waals surface area contributed by atoms with E-state index in [2.05, 4.69) is 22.5 Å². The molecule has 30 heavy (non-hydrogen) atoms. The summed E-state index contributed by atoms with van der Waals surface area (Å²) >= 11 is 0. The molecule has 0 aliphatic rings. The lowest BCUT2D eigenvalue weighted by Gasteiger charge is -2.10. The molecule has 8 nitrogen and oxygen atoms in total. The summed E-state index contributed by atoms with van der Waals surface area (Å²) in [5.41, 5.74) is 3.05. The van der Waals surface area contributed by atoms with Gasteiger partial charge in [0.2, 0.25) is 0 Å². The molecule has 0 atom stereocenters. The van der Waals surface area contributed by atoms with Gasteiger partial charge in [-0.2, -0.15) is 10.2 Å². The predicted octanol–water partition coefficient (Wildman–Crippen LogP) is 2.88. The SMILES string of the molecule is CCCCOc1ccc(/C=N/NC(=O)c2nn(C)c(=O)c3ccccc23)cc1OC. The number of methoxy groups -OCH3 is 1. The Kier molecular flexibility index (Phi) is 6.79. The van der Waals surface area contributed by atoms with Gasteiger partial charge in [0.15, 0.2) is 17.2 Å². The van der Waals surface area contributed by atoms with Crippen molar-refractivity contribution in [3.8, 4) is 11.5 Å². The Balaban J connectivity index is 1.76. The van der Waals surface area contributed by atoms with Crippen LogP contribution in [-0.2, 0) is 7.05 Å². The van der Waals surface area contributed by atoms with E-state index in [1.165, 1.54) is 13.3 Å². The number of benzene rings is 2. The Morgan fingerprint density at radius 1 is 1.20 bits per heavy atom. The van der Waals surface area contributed by atoms with Crippen LogP contribution < -0.4 is 20.5 Å². The molecule has 3 aromatic rings. The minimum Gasteiger partial charge on any atom is -0.493 e. The van der Waals surface area contributed by atoms with E-state index in [4.69, 9.17) is 9.47 Å². The third-order valence-corrected chi connectivity index (χ3v) is 4.49. The number of aromatic nitrogens is 2. The third-order valence-electron chi connectivity index (χ3n) is 4.49. The van der Waals surface area contributed by atoms with E-state index >= 15 is 0 Å². The van der Waals surface area contributed by atoms with Crippen LogP contribution in [0.2, 0.25) is 0 Å². The Morgan fingerprint density at radius 2 is 1.97 bits per heavy atom. The summed E-state index contributed by atoms with van der Waals surface area (Å²) in [4.78, 5) is 24.8. The Labute approximate surface area is 174 Å². The highest BCUT2D eigenvalue weighted by Gasteiger charge is 2.15. The number of nitrogens with zero attached hydrogens (tertiary/aromatic N) is 3. The quantitative estimate of drug-likeness (QED) is 0.351. The fourth-order valence-corrected chi connectivity index (χ4v) is 2.90. The maximum Gasteiger partial charge on any atom is 0.292 e. The summed E-state index contributed by atoms with van der Waals surface area (Å²) in [5.74, 6) is 0.740. The van der Waals surface area contributed by atoms with E-state index in [0.29, 0.717) is 28.9 Å². The average molecular weight is 408 g/mol. The van der Waals surface area contributed by atoms with Gasteiger partial charge in [0, 0.05) is 12.4 Å². The van der Waals surface area contributed by atoms with Crippen molar-refractivity contribution in [2.24, 2.45) is 12.1 Å². The number of fused-ring (bicyclic) bond motifs is 1. The number of carbonyl (C=O) groups is 1. The number of amides is 1. The second-order valence-electron chi connectivity index (χ2n) is 6.63. The number of ether oxygens (including phenoxy) is 2. The van der Waals surface area contributed by atoms with Gasteiger partial charge >= 0.3 is 0 Å². The van der Waals surface area contributed by atoms with Gasteiger partial charge in [-0.05, 0) is 36.2 Å². The van der Waals surface area contributed by atoms with Crippen molar-refractivity contribution in [3.63, 3.8) is 0 Å². The second-order valence-corrected chi connectivity index (χ2v) is 6.63. The highest BCUT2D eigenvalue weighted by molar-refractivity contribution is 6.04. The Morgan fingerprint density at radius 3 is 2.70 bits per heavy atom. The monoisotopic (exact) mass is 408 g/mol. The van der Waals surface area contributed by atoms with Crippen LogP contribution in [0.25, 0.3) is 10.8 Å². The molecule has 0 unspecified atom stereocenters. The van der Waals surface area contributed by atoms with Crippen molar-refractivity contribution >= 4 is 22.9 Å². The van der Waals surface area contributed by atoms with E-state index in [-0.39, 0.29) is 11.3 Å². The minimum atomic E-state index is -0.510. The summed E-state index contributed by atoms with van der Waals surface area (Å²) in [6.07, 6.45) is 3.51. The molecule has 0 bridgehead atoms. The normalized spacial score (nSPS) is 11.0. The maximum absolute atomic E-state index is 12.6. The first kappa shape index (κ1) is 21.0. The first-order chi connectivity index (χ1) is 14.5. The smallest absolute Gasteiger partial charge is 0.292 e. The van der Waals surface area contributed by atoms with E-state index in [9.17, 15) is 9.59 Å². The fraction of sp³-hybridized carbons (Fsp3) is 0.273. The molecular weight excluding hydrogens is 384 g/mol. The van der Waals surface area contributed by atoms with Crippen LogP contribution in [0.4, 0.5) is 0 Å². The number of rotatable bonds is 8. The molecular formula is C22H24N4O4. The number of hydrazone groups is 1. The first-order valence-corrected chi connectivity index (χ1v) is 9.65. The summed E-state index contributed by atoms with van der Waals surface area (Å²) in [6, 6.07) is 12.2. The van der Waals surface area contributed by atoms with Crippen molar-refractivity contribution in [3.05, 3.63) is 64.1 Å². The Bertz CT molecular complexity index is 1140. The number of hydrogen-bond donors (Lipinski definition) is 1. The number of carbonyl (C=O) groups excluding carboxylic acids is 1. The van der Waals surface area contributed by atoms with Gasteiger partial charge in [-0.25, -0.2) is 10.1 Å². The van der Waals surface area contributed by atoms with Crippen molar-refractivity contribution in [2.45, 2.75) is 19.8 Å². The molecule has 3 rings (SSSR count). The first-order valence-electron chi connectivity index (χ1n) is 9.65. The lowest BCUT2D eigenvalue weighted by Crippen LogP contribution is -2.27. The zero-order valence-electron chi connectivity index (χ0n) is 17.2. The molecule has 0 saturated carbocycles. The zero-order chi connectivity index (χ0) is 21.5. The highest BCUT2D eigenvalue weighted by Crippen LogP contribution is 2.27. The van der Waals surface area contributed by atoms with E-state index < -0.39 is 5.91 Å². The lowest BCUT2D eigenvalue weighted by molar-refractivity contribution is 0.0950. The number of hydrogen-bond acceptors (Lipinski definition) is 6. The molecule has 0 radical (unpaired) electrons. The van der Waals surface area contributed by atoms with Gasteiger partial charge in [-0.3, -0.25) is 9.59 Å². The zero-order valence-corrected chi connectivity index (χ0v) is 17.2. The van der Waals surface area contributed by atoms with Gasteiger partial charge in [0.25, 0.3) is 11.5 Å². The van der Waals surface area contributed by atoms with E-state index in [1.54, 1.807) is 43.5 Å². The summed E-state index contributed by atoms with van der Waals surface area (Å²) in [6.45, 7) is 2.72. The molecule has 0 saturated heterocycles. The molecule has 156 valence electrons. The van der Waals surface area contributed by atoms with Gasteiger partial charge in [0.05, 0.1) is 25.3 Å². The van der Waals surface area contributed by atoms with Gasteiger partial charge < -0.3 is 9.47 Å². The predicted molar refractivity (Wildman–Crippen MR) is 115 cm³/mol. The highest BCUT2D eigenvalue weighted by atomic mass is 16.5. The van der Waals surface area contributed by atoms with Crippen molar-refractivity contribution in [2.75, 3.05) is 13.7 Å². The standard InChI is InChI=1S/C22H24N4O4/c1-4-5-12-30-18-11-10-15(13-19(18)29-3)14-23-24-21(27)20-16-8-6-7-9-17(16)22(28)26(2)25-20/h6-11,13-14H,4-5,12H2,1-3H3,(H,24,27)/b23-14+. The molecule has 1 heterocycles. The van der Waals surface area contributed by atoms with Gasteiger partial charge in [0.1, 0.15) is 0 Å². The lowest BCUT2D eigenvalue weighted by atomic mass is 10.1. The number of aryl methyl sites for hydroxylation is 1. The van der Waals surface area contributed by atoms with Crippen LogP contribution in [0.3, 0.4) is 0 Å². The molecule has 0 aliphatic carbocycles. The molecule has 8 heteroatoms. The van der Waals surface area contributed by atoms with Crippen LogP contribution in [0, 0.1) is 0 Å².